The zero-order chi connectivity index (χ0) is 15.5. The second-order valence-electron chi connectivity index (χ2n) is 4.71. The van der Waals surface area contributed by atoms with Gasteiger partial charge in [-0.3, -0.25) is 4.79 Å². The number of H-pyrrole nitrogens is 1. The number of benzene rings is 1. The molecule has 0 fully saturated rings. The number of hydrogen-bond acceptors (Lipinski definition) is 6. The van der Waals surface area contributed by atoms with Gasteiger partial charge in [0.1, 0.15) is 17.6 Å². The number of aryl methyl sites for hydroxylation is 1. The fourth-order valence-corrected chi connectivity index (χ4v) is 2.09. The molecule has 3 rings (SSSR count). The van der Waals surface area contributed by atoms with Crippen LogP contribution in [0.5, 0.6) is 0 Å². The highest BCUT2D eigenvalue weighted by Crippen LogP contribution is 2.08. The summed E-state index contributed by atoms with van der Waals surface area (Å²) in [6.07, 6.45) is 0. The van der Waals surface area contributed by atoms with E-state index in [4.69, 9.17) is 5.26 Å². The van der Waals surface area contributed by atoms with E-state index in [0.29, 0.717) is 28.4 Å². The third kappa shape index (κ3) is 2.76. The Labute approximate surface area is 125 Å². The Bertz CT molecular complexity index is 941. The van der Waals surface area contributed by atoms with Crippen LogP contribution in [0, 0.1) is 18.3 Å². The molecule has 3 aromatic rings. The average molecular weight is 292 g/mol. The number of anilines is 1. The molecule has 2 N–H and O–H groups in total. The standard InChI is InChI=1S/C15H12N6O/c1-9-6-10(7-16)19-15(18-9)17-8-13-20-12-5-3-2-4-11(12)14(22)21-13/h2-6H,8H2,1H3,(H,17,18,19)(H,20,21,22). The number of hydrogen-bond donors (Lipinski definition) is 2. The summed E-state index contributed by atoms with van der Waals surface area (Å²) >= 11 is 0. The molecule has 0 aliphatic carbocycles. The van der Waals surface area contributed by atoms with E-state index >= 15 is 0 Å². The van der Waals surface area contributed by atoms with Crippen LogP contribution >= 0.6 is 0 Å². The van der Waals surface area contributed by atoms with Gasteiger partial charge in [-0.15, -0.1) is 0 Å². The van der Waals surface area contributed by atoms with Crippen LogP contribution in [0.3, 0.4) is 0 Å². The van der Waals surface area contributed by atoms with Gasteiger partial charge >= 0.3 is 0 Å². The maximum Gasteiger partial charge on any atom is 0.258 e. The van der Waals surface area contributed by atoms with Crippen molar-refractivity contribution in [2.45, 2.75) is 13.5 Å². The minimum atomic E-state index is -0.190. The van der Waals surface area contributed by atoms with Crippen molar-refractivity contribution in [2.75, 3.05) is 5.32 Å². The molecule has 0 atom stereocenters. The van der Waals surface area contributed by atoms with Crippen LogP contribution in [0.15, 0.2) is 35.1 Å². The molecule has 0 aliphatic rings. The highest BCUT2D eigenvalue weighted by atomic mass is 16.1. The van der Waals surface area contributed by atoms with Crippen molar-refractivity contribution in [3.05, 3.63) is 57.9 Å². The quantitative estimate of drug-likeness (QED) is 0.757. The average Bonchev–Trinajstić information content (AvgIpc) is 2.52. The second-order valence-corrected chi connectivity index (χ2v) is 4.71. The summed E-state index contributed by atoms with van der Waals surface area (Å²) in [7, 11) is 0. The van der Waals surface area contributed by atoms with Gasteiger partial charge in [0.25, 0.3) is 5.56 Å². The Morgan fingerprint density at radius 3 is 2.91 bits per heavy atom. The van der Waals surface area contributed by atoms with Crippen LogP contribution in [0.2, 0.25) is 0 Å². The lowest BCUT2D eigenvalue weighted by Crippen LogP contribution is -2.15. The van der Waals surface area contributed by atoms with Crippen LogP contribution in [0.1, 0.15) is 17.2 Å². The molecule has 0 amide bonds. The molecular weight excluding hydrogens is 280 g/mol. The first-order chi connectivity index (χ1) is 10.7. The second kappa shape index (κ2) is 5.61. The van der Waals surface area contributed by atoms with E-state index < -0.39 is 0 Å². The topological polar surface area (TPSA) is 107 Å². The smallest absolute Gasteiger partial charge is 0.258 e. The first-order valence-electron chi connectivity index (χ1n) is 6.63. The maximum atomic E-state index is 12.0. The van der Waals surface area contributed by atoms with E-state index in [1.54, 1.807) is 31.2 Å². The molecule has 7 heteroatoms. The molecule has 0 radical (unpaired) electrons. The molecule has 2 heterocycles. The molecule has 0 aliphatic heterocycles. The molecule has 22 heavy (non-hydrogen) atoms. The van der Waals surface area contributed by atoms with E-state index in [1.807, 2.05) is 12.1 Å². The summed E-state index contributed by atoms with van der Waals surface area (Å²) in [4.78, 5) is 27.3. The fraction of sp³-hybridized carbons (Fsp3) is 0.133. The van der Waals surface area contributed by atoms with Crippen molar-refractivity contribution in [3.8, 4) is 6.07 Å². The molecular formula is C15H12N6O. The Morgan fingerprint density at radius 2 is 2.09 bits per heavy atom. The van der Waals surface area contributed by atoms with E-state index in [9.17, 15) is 4.79 Å². The summed E-state index contributed by atoms with van der Waals surface area (Å²) in [5.41, 5.74) is 1.42. The van der Waals surface area contributed by atoms with Gasteiger partial charge in [0, 0.05) is 5.69 Å². The van der Waals surface area contributed by atoms with Gasteiger partial charge in [-0.1, -0.05) is 12.1 Å². The Kier molecular flexibility index (Phi) is 3.50. The zero-order valence-corrected chi connectivity index (χ0v) is 11.8. The van der Waals surface area contributed by atoms with Crippen molar-refractivity contribution in [2.24, 2.45) is 0 Å². The van der Waals surface area contributed by atoms with E-state index in [0.717, 1.165) is 0 Å². The summed E-state index contributed by atoms with van der Waals surface area (Å²) in [6, 6.07) is 10.7. The summed E-state index contributed by atoms with van der Waals surface area (Å²) in [5, 5.41) is 12.4. The first kappa shape index (κ1) is 13.7. The number of aromatic nitrogens is 4. The van der Waals surface area contributed by atoms with Crippen LogP contribution in [0.4, 0.5) is 5.95 Å². The highest BCUT2D eigenvalue weighted by Gasteiger charge is 2.05. The Balaban J connectivity index is 1.87. The minimum absolute atomic E-state index is 0.190. The lowest BCUT2D eigenvalue weighted by atomic mass is 10.2. The third-order valence-corrected chi connectivity index (χ3v) is 3.04. The Morgan fingerprint density at radius 1 is 1.27 bits per heavy atom. The maximum absolute atomic E-state index is 12.0. The number of nitrogens with zero attached hydrogens (tertiary/aromatic N) is 4. The van der Waals surface area contributed by atoms with E-state index in [1.165, 1.54) is 0 Å². The lowest BCUT2D eigenvalue weighted by molar-refractivity contribution is 0.926. The van der Waals surface area contributed by atoms with Crippen molar-refractivity contribution in [1.82, 2.24) is 19.9 Å². The van der Waals surface area contributed by atoms with Gasteiger partial charge < -0.3 is 10.3 Å². The molecule has 0 bridgehead atoms. The van der Waals surface area contributed by atoms with Crippen LogP contribution in [-0.2, 0) is 6.54 Å². The number of fused-ring (bicyclic) bond motifs is 1. The van der Waals surface area contributed by atoms with Crippen LogP contribution in [-0.4, -0.2) is 19.9 Å². The number of rotatable bonds is 3. The number of nitrogens with one attached hydrogen (secondary N) is 2. The van der Waals surface area contributed by atoms with Crippen LogP contribution < -0.4 is 10.9 Å². The summed E-state index contributed by atoms with van der Waals surface area (Å²) < 4.78 is 0. The normalized spacial score (nSPS) is 10.4. The van der Waals surface area contributed by atoms with Gasteiger partial charge in [-0.25, -0.2) is 15.0 Å². The number of para-hydroxylation sites is 1. The lowest BCUT2D eigenvalue weighted by Gasteiger charge is -2.06. The van der Waals surface area contributed by atoms with Crippen LogP contribution in [0.25, 0.3) is 10.9 Å². The molecule has 0 unspecified atom stereocenters. The molecule has 2 aromatic heterocycles. The van der Waals surface area contributed by atoms with E-state index in [2.05, 4.69) is 25.3 Å². The van der Waals surface area contributed by atoms with E-state index in [-0.39, 0.29) is 17.8 Å². The predicted molar refractivity (Wildman–Crippen MR) is 81.2 cm³/mol. The molecule has 0 spiro atoms. The van der Waals surface area contributed by atoms with Gasteiger partial charge in [0.15, 0.2) is 0 Å². The number of aromatic amines is 1. The molecule has 0 saturated carbocycles. The van der Waals surface area contributed by atoms with Gasteiger partial charge in [-0.05, 0) is 25.1 Å². The minimum Gasteiger partial charge on any atom is -0.347 e. The molecule has 1 aromatic carbocycles. The molecule has 7 nitrogen and oxygen atoms in total. The van der Waals surface area contributed by atoms with Gasteiger partial charge in [-0.2, -0.15) is 5.26 Å². The van der Waals surface area contributed by atoms with Crippen molar-refractivity contribution >= 4 is 16.9 Å². The van der Waals surface area contributed by atoms with Gasteiger partial charge in [0.2, 0.25) is 5.95 Å². The third-order valence-electron chi connectivity index (χ3n) is 3.04. The largest absolute Gasteiger partial charge is 0.347 e. The monoisotopic (exact) mass is 292 g/mol. The summed E-state index contributed by atoms with van der Waals surface area (Å²) in [6.45, 7) is 2.04. The summed E-state index contributed by atoms with van der Waals surface area (Å²) in [5.74, 6) is 0.805. The SMILES string of the molecule is Cc1cc(C#N)nc(NCc2nc3ccccc3c(=O)[nH]2)n1. The van der Waals surface area contributed by atoms with Crippen molar-refractivity contribution < 1.29 is 0 Å². The fourth-order valence-electron chi connectivity index (χ4n) is 2.09. The highest BCUT2D eigenvalue weighted by molar-refractivity contribution is 5.77. The molecule has 0 saturated heterocycles. The van der Waals surface area contributed by atoms with Gasteiger partial charge in [0.05, 0.1) is 17.4 Å². The number of nitriles is 1. The van der Waals surface area contributed by atoms with Crippen molar-refractivity contribution in [1.29, 1.82) is 5.26 Å². The predicted octanol–water partition coefficient (Wildman–Crippen LogP) is 1.51. The Hall–Kier alpha value is -3.27. The zero-order valence-electron chi connectivity index (χ0n) is 11.8. The van der Waals surface area contributed by atoms with Crippen molar-refractivity contribution in [3.63, 3.8) is 0 Å². The molecule has 108 valence electrons. The first-order valence-corrected chi connectivity index (χ1v) is 6.63.